The van der Waals surface area contributed by atoms with Gasteiger partial charge >= 0.3 is 0 Å². The third kappa shape index (κ3) is 3.68. The third-order valence-corrected chi connectivity index (χ3v) is 5.51. The van der Waals surface area contributed by atoms with Crippen LogP contribution >= 0.6 is 22.9 Å². The lowest BCUT2D eigenvalue weighted by Crippen LogP contribution is -2.22. The highest BCUT2D eigenvalue weighted by molar-refractivity contribution is 7.16. The normalized spacial score (nSPS) is 17.4. The summed E-state index contributed by atoms with van der Waals surface area (Å²) in [5.41, 5.74) is 1.16. The van der Waals surface area contributed by atoms with Gasteiger partial charge in [0, 0.05) is 23.5 Å². The Morgan fingerprint density at radius 2 is 2.19 bits per heavy atom. The van der Waals surface area contributed by atoms with Gasteiger partial charge in [0.05, 0.1) is 16.1 Å². The van der Waals surface area contributed by atoms with Crippen molar-refractivity contribution in [2.45, 2.75) is 51.1 Å². The summed E-state index contributed by atoms with van der Waals surface area (Å²) in [7, 11) is 0. The monoisotopic (exact) mass is 323 g/mol. The van der Waals surface area contributed by atoms with E-state index in [2.05, 4.69) is 35.3 Å². The van der Waals surface area contributed by atoms with Gasteiger partial charge in [-0.15, -0.1) is 11.3 Å². The standard InChI is InChI=1S/C16H22ClN3S/c1-2-18-14(15-7-8-16(17)21-15)11-12-9-10-20(19-12)13-5-3-4-6-13/h7-10,13-14,18H,2-6,11H2,1H3. The van der Waals surface area contributed by atoms with E-state index in [1.54, 1.807) is 11.3 Å². The number of nitrogens with zero attached hydrogens (tertiary/aromatic N) is 2. The Bertz CT molecular complexity index is 572. The topological polar surface area (TPSA) is 29.9 Å². The fraction of sp³-hybridized carbons (Fsp3) is 0.562. The second-order valence-corrected chi connectivity index (χ2v) is 7.43. The van der Waals surface area contributed by atoms with Crippen LogP contribution in [0.5, 0.6) is 0 Å². The number of aromatic nitrogens is 2. The number of nitrogens with one attached hydrogen (secondary N) is 1. The Morgan fingerprint density at radius 1 is 1.38 bits per heavy atom. The molecule has 0 aliphatic heterocycles. The highest BCUT2D eigenvalue weighted by Gasteiger charge is 2.19. The van der Waals surface area contributed by atoms with Gasteiger partial charge in [-0.05, 0) is 37.6 Å². The molecule has 0 amide bonds. The van der Waals surface area contributed by atoms with E-state index in [0.29, 0.717) is 12.1 Å². The number of rotatable bonds is 6. The molecule has 2 heterocycles. The van der Waals surface area contributed by atoms with Crippen LogP contribution in [-0.4, -0.2) is 16.3 Å². The average molecular weight is 324 g/mol. The predicted octanol–water partition coefficient (Wildman–Crippen LogP) is 4.61. The summed E-state index contributed by atoms with van der Waals surface area (Å²) in [5, 5.41) is 8.34. The van der Waals surface area contributed by atoms with E-state index < -0.39 is 0 Å². The Kier molecular flexibility index (Phi) is 4.99. The molecular weight excluding hydrogens is 302 g/mol. The zero-order chi connectivity index (χ0) is 14.7. The number of likely N-dealkylation sites (N-methyl/N-ethyl adjacent to an activating group) is 1. The van der Waals surface area contributed by atoms with Crippen LogP contribution in [-0.2, 0) is 6.42 Å². The first-order chi connectivity index (χ1) is 10.3. The molecule has 0 radical (unpaired) electrons. The van der Waals surface area contributed by atoms with E-state index in [0.717, 1.165) is 23.0 Å². The van der Waals surface area contributed by atoms with Crippen molar-refractivity contribution in [3.63, 3.8) is 0 Å². The lowest BCUT2D eigenvalue weighted by molar-refractivity contribution is 0.458. The highest BCUT2D eigenvalue weighted by atomic mass is 35.5. The van der Waals surface area contributed by atoms with Crippen LogP contribution in [0.25, 0.3) is 0 Å². The van der Waals surface area contributed by atoms with E-state index in [-0.39, 0.29) is 0 Å². The molecule has 0 aromatic carbocycles. The smallest absolute Gasteiger partial charge is 0.0931 e. The fourth-order valence-electron chi connectivity index (χ4n) is 3.10. The van der Waals surface area contributed by atoms with Gasteiger partial charge in [0.1, 0.15) is 0 Å². The maximum atomic E-state index is 6.07. The summed E-state index contributed by atoms with van der Waals surface area (Å²) in [6.45, 7) is 3.09. The van der Waals surface area contributed by atoms with Crippen LogP contribution in [0, 0.1) is 0 Å². The van der Waals surface area contributed by atoms with E-state index in [9.17, 15) is 0 Å². The van der Waals surface area contributed by atoms with Crippen molar-refractivity contribution >= 4 is 22.9 Å². The second kappa shape index (κ2) is 6.95. The molecule has 0 saturated heterocycles. The molecule has 21 heavy (non-hydrogen) atoms. The van der Waals surface area contributed by atoms with Crippen LogP contribution in [0.4, 0.5) is 0 Å². The lowest BCUT2D eigenvalue weighted by atomic mass is 10.1. The Labute approximate surface area is 135 Å². The van der Waals surface area contributed by atoms with Crippen molar-refractivity contribution in [1.29, 1.82) is 0 Å². The van der Waals surface area contributed by atoms with Gasteiger partial charge in [0.25, 0.3) is 0 Å². The van der Waals surface area contributed by atoms with Gasteiger partial charge in [-0.25, -0.2) is 0 Å². The number of hydrogen-bond acceptors (Lipinski definition) is 3. The van der Waals surface area contributed by atoms with Crippen LogP contribution < -0.4 is 5.32 Å². The number of hydrogen-bond donors (Lipinski definition) is 1. The first-order valence-corrected chi connectivity index (χ1v) is 8.98. The van der Waals surface area contributed by atoms with Crippen molar-refractivity contribution in [2.75, 3.05) is 6.54 Å². The highest BCUT2D eigenvalue weighted by Crippen LogP contribution is 2.31. The van der Waals surface area contributed by atoms with Crippen molar-refractivity contribution in [1.82, 2.24) is 15.1 Å². The van der Waals surface area contributed by atoms with E-state index in [1.807, 2.05) is 6.07 Å². The van der Waals surface area contributed by atoms with Crippen LogP contribution in [0.1, 0.15) is 55.3 Å². The molecule has 1 N–H and O–H groups in total. The minimum Gasteiger partial charge on any atom is -0.309 e. The molecule has 2 aromatic heterocycles. The fourth-order valence-corrected chi connectivity index (χ4v) is 4.24. The Hall–Kier alpha value is -0.840. The second-order valence-electron chi connectivity index (χ2n) is 5.68. The molecule has 5 heteroatoms. The van der Waals surface area contributed by atoms with Gasteiger partial charge in [0.2, 0.25) is 0 Å². The SMILES string of the molecule is CCNC(Cc1ccn(C2CCCC2)n1)c1ccc(Cl)s1. The summed E-state index contributed by atoms with van der Waals surface area (Å²) in [6.07, 6.45) is 8.30. The molecule has 0 bridgehead atoms. The van der Waals surface area contributed by atoms with E-state index >= 15 is 0 Å². The molecule has 1 atom stereocenters. The molecular formula is C16H22ClN3S. The van der Waals surface area contributed by atoms with Gasteiger partial charge in [-0.2, -0.15) is 5.10 Å². The first kappa shape index (κ1) is 15.1. The molecule has 1 fully saturated rings. The largest absolute Gasteiger partial charge is 0.309 e. The van der Waals surface area contributed by atoms with Crippen molar-refractivity contribution < 1.29 is 0 Å². The predicted molar refractivity (Wildman–Crippen MR) is 89.2 cm³/mol. The van der Waals surface area contributed by atoms with E-state index in [1.165, 1.54) is 30.6 Å². The summed E-state index contributed by atoms with van der Waals surface area (Å²) in [5.74, 6) is 0. The first-order valence-electron chi connectivity index (χ1n) is 7.79. The Balaban J connectivity index is 1.70. The van der Waals surface area contributed by atoms with Crippen LogP contribution in [0.2, 0.25) is 4.34 Å². The molecule has 1 aliphatic carbocycles. The molecule has 2 aromatic rings. The van der Waals surface area contributed by atoms with Crippen LogP contribution in [0.15, 0.2) is 24.4 Å². The average Bonchev–Trinajstić information content (AvgIpc) is 3.18. The number of thiophene rings is 1. The quantitative estimate of drug-likeness (QED) is 0.841. The van der Waals surface area contributed by atoms with Gasteiger partial charge in [-0.1, -0.05) is 31.4 Å². The summed E-state index contributed by atoms with van der Waals surface area (Å²) < 4.78 is 3.02. The van der Waals surface area contributed by atoms with Gasteiger partial charge < -0.3 is 5.32 Å². The lowest BCUT2D eigenvalue weighted by Gasteiger charge is -2.15. The minimum absolute atomic E-state index is 0.305. The van der Waals surface area contributed by atoms with Gasteiger partial charge in [-0.3, -0.25) is 4.68 Å². The van der Waals surface area contributed by atoms with Crippen molar-refractivity contribution in [2.24, 2.45) is 0 Å². The van der Waals surface area contributed by atoms with E-state index in [4.69, 9.17) is 16.7 Å². The van der Waals surface area contributed by atoms with Crippen LogP contribution in [0.3, 0.4) is 0 Å². The summed E-state index contributed by atoms with van der Waals surface area (Å²) in [4.78, 5) is 1.29. The van der Waals surface area contributed by atoms with Crippen molar-refractivity contribution in [3.05, 3.63) is 39.3 Å². The van der Waals surface area contributed by atoms with Crippen molar-refractivity contribution in [3.8, 4) is 0 Å². The maximum Gasteiger partial charge on any atom is 0.0931 e. The third-order valence-electron chi connectivity index (χ3n) is 4.16. The molecule has 1 saturated carbocycles. The molecule has 0 spiro atoms. The molecule has 114 valence electrons. The molecule has 1 aliphatic rings. The Morgan fingerprint density at radius 3 is 2.86 bits per heavy atom. The van der Waals surface area contributed by atoms with Gasteiger partial charge in [0.15, 0.2) is 0 Å². The maximum absolute atomic E-state index is 6.07. The molecule has 1 unspecified atom stereocenters. The molecule has 3 nitrogen and oxygen atoms in total. The summed E-state index contributed by atoms with van der Waals surface area (Å²) >= 11 is 7.72. The zero-order valence-electron chi connectivity index (χ0n) is 12.4. The number of halogens is 1. The minimum atomic E-state index is 0.305. The zero-order valence-corrected chi connectivity index (χ0v) is 14.0. The summed E-state index contributed by atoms with van der Waals surface area (Å²) in [6, 6.07) is 7.18. The molecule has 3 rings (SSSR count).